The molecule has 144 valence electrons. The zero-order valence-corrected chi connectivity index (χ0v) is 16.5. The first-order valence-electron chi connectivity index (χ1n) is 8.67. The van der Waals surface area contributed by atoms with Gasteiger partial charge in [0.05, 0.1) is 0 Å². The Morgan fingerprint density at radius 3 is 2.04 bits per heavy atom. The molecule has 0 aromatic heterocycles. The minimum absolute atomic E-state index is 0.245. The smallest absolute Gasteiger partial charge is 0.407 e. The largest absolute Gasteiger partial charge is 0.444 e. The summed E-state index contributed by atoms with van der Waals surface area (Å²) in [6, 6.07) is -0.429. The molecule has 0 radical (unpaired) electrons. The molecular formula is C18H31NO6. The van der Waals surface area contributed by atoms with Gasteiger partial charge in [-0.1, -0.05) is 20.8 Å². The first-order valence-corrected chi connectivity index (χ1v) is 8.67. The van der Waals surface area contributed by atoms with Gasteiger partial charge in [0.25, 0.3) is 5.79 Å². The van der Waals surface area contributed by atoms with Crippen LogP contribution in [0.15, 0.2) is 0 Å². The molecule has 2 unspecified atom stereocenters. The van der Waals surface area contributed by atoms with Gasteiger partial charge in [-0.05, 0) is 33.1 Å². The Balaban J connectivity index is 2.93. The number of ether oxygens (including phenoxy) is 3. The van der Waals surface area contributed by atoms with Crippen molar-refractivity contribution in [2.75, 3.05) is 0 Å². The summed E-state index contributed by atoms with van der Waals surface area (Å²) in [4.78, 5) is 36.7. The standard InChI is InChI=1S/C18H31NO6/c1-10(2)9-12(19-16(22)25-17(4,5)6)11(3)13-14(20)23-18(7,8)24-15(13)21/h10-13H,9H2,1-8H3,(H,19,22). The molecule has 1 saturated heterocycles. The zero-order chi connectivity index (χ0) is 19.6. The van der Waals surface area contributed by atoms with Crippen molar-refractivity contribution in [1.82, 2.24) is 5.32 Å². The monoisotopic (exact) mass is 357 g/mol. The summed E-state index contributed by atoms with van der Waals surface area (Å²) in [5.41, 5.74) is -0.636. The second-order valence-electron chi connectivity index (χ2n) is 8.46. The highest BCUT2D eigenvalue weighted by atomic mass is 16.7. The fraction of sp³-hybridized carbons (Fsp3) is 0.833. The van der Waals surface area contributed by atoms with E-state index in [4.69, 9.17) is 14.2 Å². The molecule has 1 fully saturated rings. The second-order valence-corrected chi connectivity index (χ2v) is 8.46. The van der Waals surface area contributed by atoms with Gasteiger partial charge in [-0.3, -0.25) is 9.59 Å². The third kappa shape index (κ3) is 6.55. The van der Waals surface area contributed by atoms with Crippen LogP contribution in [0.25, 0.3) is 0 Å². The molecule has 1 amide bonds. The number of hydrogen-bond donors (Lipinski definition) is 1. The van der Waals surface area contributed by atoms with Crippen LogP contribution >= 0.6 is 0 Å². The van der Waals surface area contributed by atoms with E-state index in [1.165, 1.54) is 13.8 Å². The fourth-order valence-corrected chi connectivity index (χ4v) is 2.76. The van der Waals surface area contributed by atoms with E-state index in [2.05, 4.69) is 5.32 Å². The van der Waals surface area contributed by atoms with Crippen LogP contribution in [0, 0.1) is 17.8 Å². The van der Waals surface area contributed by atoms with E-state index in [-0.39, 0.29) is 5.92 Å². The minimum atomic E-state index is -1.27. The van der Waals surface area contributed by atoms with E-state index < -0.39 is 47.3 Å². The number of nitrogens with one attached hydrogen (secondary N) is 1. The van der Waals surface area contributed by atoms with Crippen molar-refractivity contribution in [2.45, 2.75) is 79.2 Å². The Morgan fingerprint density at radius 1 is 1.16 bits per heavy atom. The average Bonchev–Trinajstić information content (AvgIpc) is 2.31. The van der Waals surface area contributed by atoms with Gasteiger partial charge in [-0.15, -0.1) is 0 Å². The molecule has 7 nitrogen and oxygen atoms in total. The van der Waals surface area contributed by atoms with Crippen molar-refractivity contribution < 1.29 is 28.6 Å². The van der Waals surface area contributed by atoms with Gasteiger partial charge in [-0.2, -0.15) is 0 Å². The van der Waals surface area contributed by atoms with E-state index in [0.29, 0.717) is 6.42 Å². The van der Waals surface area contributed by atoms with Crippen molar-refractivity contribution in [3.8, 4) is 0 Å². The number of carbonyl (C=O) groups is 3. The Labute approximate surface area is 149 Å². The van der Waals surface area contributed by atoms with Crippen molar-refractivity contribution >= 4 is 18.0 Å². The Kier molecular flexibility index (Phi) is 6.48. The summed E-state index contributed by atoms with van der Waals surface area (Å²) in [5.74, 6) is -3.86. The molecule has 1 heterocycles. The molecule has 0 spiro atoms. The van der Waals surface area contributed by atoms with E-state index in [0.717, 1.165) is 0 Å². The molecule has 0 aromatic carbocycles. The van der Waals surface area contributed by atoms with E-state index in [1.807, 2.05) is 13.8 Å². The fourth-order valence-electron chi connectivity index (χ4n) is 2.76. The quantitative estimate of drug-likeness (QED) is 0.601. The molecule has 1 N–H and O–H groups in total. The maximum absolute atomic E-state index is 12.3. The lowest BCUT2D eigenvalue weighted by Crippen LogP contribution is -2.53. The summed E-state index contributed by atoms with van der Waals surface area (Å²) in [6.45, 7) is 14.1. The molecule has 0 bridgehead atoms. The molecule has 1 aliphatic rings. The van der Waals surface area contributed by atoms with Gasteiger partial charge in [-0.25, -0.2) is 4.79 Å². The Hall–Kier alpha value is -1.79. The molecule has 1 aliphatic heterocycles. The minimum Gasteiger partial charge on any atom is -0.444 e. The summed E-state index contributed by atoms with van der Waals surface area (Å²) < 4.78 is 15.7. The molecule has 0 saturated carbocycles. The van der Waals surface area contributed by atoms with E-state index in [1.54, 1.807) is 27.7 Å². The maximum Gasteiger partial charge on any atom is 0.407 e. The van der Waals surface area contributed by atoms with Crippen LogP contribution in [-0.4, -0.2) is 35.5 Å². The summed E-state index contributed by atoms with van der Waals surface area (Å²) in [5, 5.41) is 2.79. The van der Waals surface area contributed by atoms with Crippen LogP contribution in [0.5, 0.6) is 0 Å². The number of hydrogen-bond acceptors (Lipinski definition) is 6. The number of esters is 2. The van der Waals surface area contributed by atoms with E-state index >= 15 is 0 Å². The SMILES string of the molecule is CC(C)CC(NC(=O)OC(C)(C)C)C(C)C1C(=O)OC(C)(C)OC1=O. The van der Waals surface area contributed by atoms with Gasteiger partial charge in [0.1, 0.15) is 5.60 Å². The van der Waals surface area contributed by atoms with Crippen LogP contribution in [0.2, 0.25) is 0 Å². The number of cyclic esters (lactones) is 2. The number of amides is 1. The first-order chi connectivity index (χ1) is 11.2. The van der Waals surface area contributed by atoms with Crippen LogP contribution in [0.3, 0.4) is 0 Å². The Morgan fingerprint density at radius 2 is 1.64 bits per heavy atom. The summed E-state index contributed by atoms with van der Waals surface area (Å²) in [6.07, 6.45) is 0.00352. The highest BCUT2D eigenvalue weighted by molar-refractivity contribution is 5.97. The van der Waals surface area contributed by atoms with Gasteiger partial charge in [0, 0.05) is 25.8 Å². The summed E-state index contributed by atoms with van der Waals surface area (Å²) in [7, 11) is 0. The number of carbonyl (C=O) groups excluding carboxylic acids is 3. The van der Waals surface area contributed by atoms with Crippen LogP contribution < -0.4 is 5.32 Å². The average molecular weight is 357 g/mol. The first kappa shape index (κ1) is 21.3. The maximum atomic E-state index is 12.3. The van der Waals surface area contributed by atoms with Crippen molar-refractivity contribution in [3.63, 3.8) is 0 Å². The normalized spacial score (nSPS) is 20.5. The molecule has 0 aromatic rings. The molecular weight excluding hydrogens is 326 g/mol. The molecule has 1 rings (SSSR count). The molecule has 25 heavy (non-hydrogen) atoms. The second kappa shape index (κ2) is 7.62. The van der Waals surface area contributed by atoms with E-state index in [9.17, 15) is 14.4 Å². The topological polar surface area (TPSA) is 90.9 Å². The molecule has 0 aliphatic carbocycles. The number of rotatable bonds is 5. The van der Waals surface area contributed by atoms with Crippen molar-refractivity contribution in [2.24, 2.45) is 17.8 Å². The lowest BCUT2D eigenvalue weighted by Gasteiger charge is -2.37. The Bertz CT molecular complexity index is 500. The third-order valence-electron chi connectivity index (χ3n) is 3.79. The van der Waals surface area contributed by atoms with Gasteiger partial charge in [0.15, 0.2) is 5.92 Å². The predicted octanol–water partition coefficient (Wildman–Crippen LogP) is 3.01. The zero-order valence-electron chi connectivity index (χ0n) is 16.5. The molecule has 2 atom stereocenters. The lowest BCUT2D eigenvalue weighted by molar-refractivity contribution is -0.243. The van der Waals surface area contributed by atoms with Gasteiger partial charge >= 0.3 is 18.0 Å². The highest BCUT2D eigenvalue weighted by Crippen LogP contribution is 2.31. The van der Waals surface area contributed by atoms with Gasteiger partial charge in [0.2, 0.25) is 0 Å². The molecule has 7 heteroatoms. The number of alkyl carbamates (subject to hydrolysis) is 1. The van der Waals surface area contributed by atoms with Crippen LogP contribution in [0.1, 0.15) is 61.8 Å². The highest BCUT2D eigenvalue weighted by Gasteiger charge is 2.48. The predicted molar refractivity (Wildman–Crippen MR) is 91.5 cm³/mol. The van der Waals surface area contributed by atoms with Crippen LogP contribution in [-0.2, 0) is 23.8 Å². The van der Waals surface area contributed by atoms with Crippen LogP contribution in [0.4, 0.5) is 4.79 Å². The lowest BCUT2D eigenvalue weighted by atomic mass is 9.83. The van der Waals surface area contributed by atoms with Crippen molar-refractivity contribution in [1.29, 1.82) is 0 Å². The third-order valence-corrected chi connectivity index (χ3v) is 3.79. The summed E-state index contributed by atoms with van der Waals surface area (Å²) >= 11 is 0. The van der Waals surface area contributed by atoms with Crippen molar-refractivity contribution in [3.05, 3.63) is 0 Å². The van der Waals surface area contributed by atoms with Gasteiger partial charge < -0.3 is 19.5 Å².